The Morgan fingerprint density at radius 1 is 1.11 bits per heavy atom. The molecule has 0 N–H and O–H groups in total. The summed E-state index contributed by atoms with van der Waals surface area (Å²) in [5.41, 5.74) is 0. The van der Waals surface area contributed by atoms with Crippen LogP contribution < -0.4 is 0 Å². The number of carbonyl (C=O) groups is 2. The predicted octanol–water partition coefficient (Wildman–Crippen LogP) is 3.00. The van der Waals surface area contributed by atoms with Crippen LogP contribution in [0, 0.1) is 5.92 Å². The van der Waals surface area contributed by atoms with Crippen LogP contribution in [0.1, 0.15) is 60.3 Å². The van der Waals surface area contributed by atoms with Gasteiger partial charge in [0.15, 0.2) is 0 Å². The largest absolute Gasteiger partial charge is 0.462 e. The van der Waals surface area contributed by atoms with Gasteiger partial charge in [-0.1, -0.05) is 27.2 Å². The van der Waals surface area contributed by atoms with E-state index in [0.717, 1.165) is 19.3 Å². The van der Waals surface area contributed by atoms with Crippen LogP contribution in [0.2, 0.25) is 0 Å². The first kappa shape index (κ1) is 17.9. The van der Waals surface area contributed by atoms with Crippen molar-refractivity contribution in [2.75, 3.05) is 13.1 Å². The number of esters is 1. The molecule has 1 amide bonds. The van der Waals surface area contributed by atoms with E-state index in [1.165, 1.54) is 0 Å². The average molecular weight is 271 g/mol. The van der Waals surface area contributed by atoms with E-state index in [2.05, 4.69) is 6.92 Å². The second-order valence-electron chi connectivity index (χ2n) is 4.93. The third-order valence-electron chi connectivity index (χ3n) is 3.35. The SMILES string of the molecule is CCCC(CC)OC(=O)C(C)CC(=O)N(CC)CC. The quantitative estimate of drug-likeness (QED) is 0.606. The molecule has 0 aromatic rings. The van der Waals surface area contributed by atoms with Crippen LogP contribution in [0.25, 0.3) is 0 Å². The number of nitrogens with zero attached hydrogens (tertiary/aromatic N) is 1. The molecule has 0 rings (SSSR count). The van der Waals surface area contributed by atoms with Gasteiger partial charge in [0.1, 0.15) is 6.10 Å². The maximum Gasteiger partial charge on any atom is 0.309 e. The highest BCUT2D eigenvalue weighted by molar-refractivity contribution is 5.82. The van der Waals surface area contributed by atoms with E-state index in [1.54, 1.807) is 11.8 Å². The Morgan fingerprint density at radius 3 is 2.11 bits per heavy atom. The van der Waals surface area contributed by atoms with Gasteiger partial charge in [0.25, 0.3) is 0 Å². The first-order valence-corrected chi connectivity index (χ1v) is 7.48. The highest BCUT2D eigenvalue weighted by Crippen LogP contribution is 2.13. The van der Waals surface area contributed by atoms with Crippen molar-refractivity contribution in [1.82, 2.24) is 4.90 Å². The molecule has 0 heterocycles. The van der Waals surface area contributed by atoms with E-state index >= 15 is 0 Å². The maximum absolute atomic E-state index is 11.9. The fourth-order valence-corrected chi connectivity index (χ4v) is 2.00. The molecule has 0 aromatic carbocycles. The number of hydrogen-bond donors (Lipinski definition) is 0. The molecule has 0 radical (unpaired) electrons. The molecule has 0 spiro atoms. The van der Waals surface area contributed by atoms with Gasteiger partial charge in [0.05, 0.1) is 5.92 Å². The number of amides is 1. The van der Waals surface area contributed by atoms with Gasteiger partial charge in [0, 0.05) is 19.5 Å². The highest BCUT2D eigenvalue weighted by Gasteiger charge is 2.23. The van der Waals surface area contributed by atoms with E-state index in [-0.39, 0.29) is 30.3 Å². The van der Waals surface area contributed by atoms with Gasteiger partial charge in [-0.25, -0.2) is 0 Å². The monoisotopic (exact) mass is 271 g/mol. The minimum absolute atomic E-state index is 0.0106. The third-order valence-corrected chi connectivity index (χ3v) is 3.35. The van der Waals surface area contributed by atoms with Crippen molar-refractivity contribution in [3.8, 4) is 0 Å². The highest BCUT2D eigenvalue weighted by atomic mass is 16.5. The first-order chi connectivity index (χ1) is 8.99. The molecule has 0 fully saturated rings. The number of carbonyl (C=O) groups excluding carboxylic acids is 2. The van der Waals surface area contributed by atoms with Gasteiger partial charge in [-0.05, 0) is 26.7 Å². The van der Waals surface area contributed by atoms with Crippen LogP contribution >= 0.6 is 0 Å². The van der Waals surface area contributed by atoms with Crippen LogP contribution in [0.3, 0.4) is 0 Å². The second kappa shape index (κ2) is 9.82. The standard InChI is InChI=1S/C15H29NO3/c1-6-10-13(7-2)19-15(18)12(5)11-14(17)16(8-3)9-4/h12-13H,6-11H2,1-5H3. The molecular weight excluding hydrogens is 242 g/mol. The van der Waals surface area contributed by atoms with Crippen LogP contribution in [-0.4, -0.2) is 36.0 Å². The number of rotatable bonds is 9. The Labute approximate surface area is 117 Å². The van der Waals surface area contributed by atoms with Gasteiger partial charge in [-0.3, -0.25) is 9.59 Å². The van der Waals surface area contributed by atoms with Crippen molar-refractivity contribution in [2.45, 2.75) is 66.4 Å². The predicted molar refractivity (Wildman–Crippen MR) is 76.8 cm³/mol. The second-order valence-corrected chi connectivity index (χ2v) is 4.93. The Morgan fingerprint density at radius 2 is 1.68 bits per heavy atom. The van der Waals surface area contributed by atoms with E-state index in [9.17, 15) is 9.59 Å². The summed E-state index contributed by atoms with van der Waals surface area (Å²) in [5, 5.41) is 0. The zero-order valence-corrected chi connectivity index (χ0v) is 13.1. The van der Waals surface area contributed by atoms with Crippen LogP contribution in [0.4, 0.5) is 0 Å². The maximum atomic E-state index is 11.9. The lowest BCUT2D eigenvalue weighted by molar-refractivity contribution is -0.156. The van der Waals surface area contributed by atoms with Crippen molar-refractivity contribution < 1.29 is 14.3 Å². The Balaban J connectivity index is 4.29. The van der Waals surface area contributed by atoms with Crippen molar-refractivity contribution in [3.63, 3.8) is 0 Å². The molecule has 112 valence electrons. The van der Waals surface area contributed by atoms with Gasteiger partial charge in [0.2, 0.25) is 5.91 Å². The molecule has 4 heteroatoms. The first-order valence-electron chi connectivity index (χ1n) is 7.48. The number of hydrogen-bond acceptors (Lipinski definition) is 3. The summed E-state index contributed by atoms with van der Waals surface area (Å²) >= 11 is 0. The molecule has 0 aliphatic rings. The summed E-state index contributed by atoms with van der Waals surface area (Å²) in [6.45, 7) is 11.1. The zero-order chi connectivity index (χ0) is 14.8. The van der Waals surface area contributed by atoms with Crippen molar-refractivity contribution in [3.05, 3.63) is 0 Å². The Kier molecular flexibility index (Phi) is 9.27. The summed E-state index contributed by atoms with van der Waals surface area (Å²) in [7, 11) is 0. The molecule has 4 nitrogen and oxygen atoms in total. The molecule has 0 bridgehead atoms. The van der Waals surface area contributed by atoms with Crippen LogP contribution in [0.15, 0.2) is 0 Å². The smallest absolute Gasteiger partial charge is 0.309 e. The molecule has 0 saturated carbocycles. The lowest BCUT2D eigenvalue weighted by Gasteiger charge is -2.22. The summed E-state index contributed by atoms with van der Waals surface area (Å²) < 4.78 is 5.44. The molecular formula is C15H29NO3. The number of ether oxygens (including phenoxy) is 1. The molecule has 0 saturated heterocycles. The minimum atomic E-state index is -0.362. The zero-order valence-electron chi connectivity index (χ0n) is 13.1. The summed E-state index contributed by atoms with van der Waals surface area (Å²) in [6.07, 6.45) is 2.94. The fourth-order valence-electron chi connectivity index (χ4n) is 2.00. The molecule has 0 aromatic heterocycles. The van der Waals surface area contributed by atoms with Crippen molar-refractivity contribution in [2.24, 2.45) is 5.92 Å². The van der Waals surface area contributed by atoms with Crippen molar-refractivity contribution in [1.29, 1.82) is 0 Å². The van der Waals surface area contributed by atoms with E-state index in [4.69, 9.17) is 4.74 Å². The summed E-state index contributed by atoms with van der Waals surface area (Å²) in [4.78, 5) is 25.6. The van der Waals surface area contributed by atoms with E-state index in [0.29, 0.717) is 13.1 Å². The molecule has 0 aliphatic heterocycles. The van der Waals surface area contributed by atoms with E-state index < -0.39 is 0 Å². The molecule has 0 aliphatic carbocycles. The fraction of sp³-hybridized carbons (Fsp3) is 0.867. The van der Waals surface area contributed by atoms with Gasteiger partial charge < -0.3 is 9.64 Å². The van der Waals surface area contributed by atoms with Crippen LogP contribution in [-0.2, 0) is 14.3 Å². The Bertz CT molecular complexity index is 275. The molecule has 19 heavy (non-hydrogen) atoms. The lowest BCUT2D eigenvalue weighted by Crippen LogP contribution is -2.33. The lowest BCUT2D eigenvalue weighted by atomic mass is 10.1. The third kappa shape index (κ3) is 6.60. The van der Waals surface area contributed by atoms with E-state index in [1.807, 2.05) is 20.8 Å². The minimum Gasteiger partial charge on any atom is -0.462 e. The summed E-state index contributed by atoms with van der Waals surface area (Å²) in [6, 6.07) is 0. The molecule has 2 unspecified atom stereocenters. The van der Waals surface area contributed by atoms with Gasteiger partial charge in [-0.2, -0.15) is 0 Å². The topological polar surface area (TPSA) is 46.6 Å². The normalized spacial score (nSPS) is 13.7. The Hall–Kier alpha value is -1.06. The van der Waals surface area contributed by atoms with Gasteiger partial charge in [-0.15, -0.1) is 0 Å². The van der Waals surface area contributed by atoms with Crippen LogP contribution in [0.5, 0.6) is 0 Å². The summed E-state index contributed by atoms with van der Waals surface area (Å²) in [5.74, 6) is -0.585. The molecule has 2 atom stereocenters. The van der Waals surface area contributed by atoms with Gasteiger partial charge >= 0.3 is 5.97 Å². The average Bonchev–Trinajstić information content (AvgIpc) is 2.39. The van der Waals surface area contributed by atoms with Crippen molar-refractivity contribution >= 4 is 11.9 Å².